The minimum absolute atomic E-state index is 0.284. The van der Waals surface area contributed by atoms with Crippen molar-refractivity contribution in [2.24, 2.45) is 5.92 Å². The summed E-state index contributed by atoms with van der Waals surface area (Å²) in [4.78, 5) is 35.2. The van der Waals surface area contributed by atoms with Crippen molar-refractivity contribution in [1.82, 2.24) is 29.5 Å². The molecule has 0 saturated heterocycles. The van der Waals surface area contributed by atoms with Gasteiger partial charge in [0, 0.05) is 31.9 Å². The zero-order valence-electron chi connectivity index (χ0n) is 20.3. The summed E-state index contributed by atoms with van der Waals surface area (Å²) in [5, 5.41) is 10.3. The average Bonchev–Trinajstić information content (AvgIpc) is 3.51. The van der Waals surface area contributed by atoms with Crippen LogP contribution in [0.1, 0.15) is 41.3 Å². The first kappa shape index (κ1) is 25.5. The summed E-state index contributed by atoms with van der Waals surface area (Å²) < 4.78 is 2.02. The number of anilines is 4. The molecule has 1 aromatic carbocycles. The lowest BCUT2D eigenvalue weighted by Crippen LogP contribution is -2.13. The number of nitrogens with zero attached hydrogens (tertiary/aromatic N) is 6. The van der Waals surface area contributed by atoms with Crippen molar-refractivity contribution in [3.8, 4) is 0 Å². The zero-order valence-corrected chi connectivity index (χ0v) is 21.9. The second-order valence-electron chi connectivity index (χ2n) is 8.62. The first-order valence-corrected chi connectivity index (χ1v) is 12.8. The Hall–Kier alpha value is -3.57. The third-order valence-corrected chi connectivity index (χ3v) is 6.34. The highest BCUT2D eigenvalue weighted by Gasteiger charge is 2.15. The molecule has 0 fully saturated rings. The number of amides is 1. The summed E-state index contributed by atoms with van der Waals surface area (Å²) in [6, 6.07) is 5.47. The second-order valence-corrected chi connectivity index (χ2v) is 10.1. The number of hydrogen-bond acceptors (Lipinski definition) is 9. The van der Waals surface area contributed by atoms with Crippen LogP contribution in [0.5, 0.6) is 0 Å². The quantitative estimate of drug-likeness (QED) is 0.229. The van der Waals surface area contributed by atoms with Gasteiger partial charge in [0.2, 0.25) is 11.9 Å². The van der Waals surface area contributed by atoms with E-state index in [0.717, 1.165) is 18.5 Å². The number of aromatic nitrogens is 6. The fourth-order valence-electron chi connectivity index (χ4n) is 3.39. The van der Waals surface area contributed by atoms with Crippen molar-refractivity contribution in [2.45, 2.75) is 40.2 Å². The largest absolute Gasteiger partial charge is 0.354 e. The molecule has 0 atom stereocenters. The number of carbonyl (C=O) groups excluding carboxylic acids is 1. The maximum atomic E-state index is 12.8. The molecule has 0 unspecified atom stereocenters. The number of halogens is 1. The van der Waals surface area contributed by atoms with E-state index in [-0.39, 0.29) is 5.91 Å². The van der Waals surface area contributed by atoms with E-state index >= 15 is 0 Å². The van der Waals surface area contributed by atoms with Crippen LogP contribution >= 0.6 is 22.9 Å². The maximum absolute atomic E-state index is 12.8. The highest BCUT2D eigenvalue weighted by Crippen LogP contribution is 2.27. The van der Waals surface area contributed by atoms with Crippen LogP contribution in [0.15, 0.2) is 43.1 Å². The average molecular weight is 526 g/mol. The number of imidazole rings is 1. The van der Waals surface area contributed by atoms with Gasteiger partial charge in [0.1, 0.15) is 10.7 Å². The number of para-hydroxylation sites is 1. The molecule has 3 aromatic heterocycles. The van der Waals surface area contributed by atoms with E-state index in [1.165, 1.54) is 17.5 Å². The number of hydrogen-bond donors (Lipinski definition) is 3. The highest BCUT2D eigenvalue weighted by atomic mass is 35.5. The van der Waals surface area contributed by atoms with Crippen molar-refractivity contribution in [3.05, 3.63) is 64.4 Å². The SMILES string of the molecule is Cc1cccc(Cl)c1NC(=O)c1cnc(Nc2nc(CC(C)C)nc(NCCCn3ccnc3)n2)s1. The fraction of sp³-hybridized carbons (Fsp3) is 0.333. The standard InChI is InChI=1S/C24H28ClN9OS/c1-15(2)12-19-29-22(27-8-5-10-34-11-9-26-14-34)32-23(30-19)33-24-28-13-18(36-24)21(35)31-20-16(3)6-4-7-17(20)25/h4,6-7,9,11,13-15H,5,8,10,12H2,1-3H3,(H,31,35)(H2,27,28,29,30,32,33). The van der Waals surface area contributed by atoms with E-state index < -0.39 is 0 Å². The summed E-state index contributed by atoms with van der Waals surface area (Å²) in [6.07, 6.45) is 8.61. The molecule has 10 nitrogen and oxygen atoms in total. The number of rotatable bonds is 11. The molecule has 36 heavy (non-hydrogen) atoms. The lowest BCUT2D eigenvalue weighted by molar-refractivity contribution is 0.103. The van der Waals surface area contributed by atoms with Crippen LogP contribution in [0.25, 0.3) is 0 Å². The topological polar surface area (TPSA) is 123 Å². The van der Waals surface area contributed by atoms with Crippen molar-refractivity contribution in [1.29, 1.82) is 0 Å². The minimum atomic E-state index is -0.284. The molecule has 4 rings (SSSR count). The predicted octanol–water partition coefficient (Wildman–Crippen LogP) is 5.18. The third kappa shape index (κ3) is 6.98. The molecule has 0 spiro atoms. The van der Waals surface area contributed by atoms with E-state index in [4.69, 9.17) is 11.6 Å². The Balaban J connectivity index is 1.43. The van der Waals surface area contributed by atoms with E-state index in [1.807, 2.05) is 29.8 Å². The molecule has 0 aliphatic heterocycles. The lowest BCUT2D eigenvalue weighted by Gasteiger charge is -2.10. The van der Waals surface area contributed by atoms with Gasteiger partial charge in [0.15, 0.2) is 5.13 Å². The van der Waals surface area contributed by atoms with Gasteiger partial charge in [-0.25, -0.2) is 9.97 Å². The smallest absolute Gasteiger partial charge is 0.267 e. The van der Waals surface area contributed by atoms with E-state index in [1.54, 1.807) is 18.6 Å². The number of nitrogens with one attached hydrogen (secondary N) is 3. The molecule has 188 valence electrons. The van der Waals surface area contributed by atoms with Crippen LogP contribution in [0.4, 0.5) is 22.7 Å². The second kappa shape index (κ2) is 11.9. The van der Waals surface area contributed by atoms with Gasteiger partial charge in [-0.3, -0.25) is 10.1 Å². The molecule has 0 bridgehead atoms. The van der Waals surface area contributed by atoms with Gasteiger partial charge in [-0.1, -0.05) is 48.9 Å². The molecule has 12 heteroatoms. The Morgan fingerprint density at radius 1 is 1.19 bits per heavy atom. The van der Waals surface area contributed by atoms with Gasteiger partial charge >= 0.3 is 0 Å². The van der Waals surface area contributed by atoms with Crippen LogP contribution < -0.4 is 16.0 Å². The highest BCUT2D eigenvalue weighted by molar-refractivity contribution is 7.17. The molecule has 4 aromatic rings. The van der Waals surface area contributed by atoms with Crippen molar-refractivity contribution < 1.29 is 4.79 Å². The summed E-state index contributed by atoms with van der Waals surface area (Å²) in [5.74, 6) is 1.66. The predicted molar refractivity (Wildman–Crippen MR) is 143 cm³/mol. The van der Waals surface area contributed by atoms with E-state index in [0.29, 0.717) is 57.3 Å². The van der Waals surface area contributed by atoms with Gasteiger partial charge in [-0.05, 0) is 30.9 Å². The number of carbonyl (C=O) groups is 1. The van der Waals surface area contributed by atoms with Crippen molar-refractivity contribution in [3.63, 3.8) is 0 Å². The summed E-state index contributed by atoms with van der Waals surface area (Å²) >= 11 is 7.44. The number of benzene rings is 1. The van der Waals surface area contributed by atoms with Crippen molar-refractivity contribution in [2.75, 3.05) is 22.5 Å². The Morgan fingerprint density at radius 3 is 2.78 bits per heavy atom. The summed E-state index contributed by atoms with van der Waals surface area (Å²) in [6.45, 7) is 7.66. The molecular weight excluding hydrogens is 498 g/mol. The Morgan fingerprint density at radius 2 is 2.03 bits per heavy atom. The lowest BCUT2D eigenvalue weighted by atomic mass is 10.1. The molecular formula is C24H28ClN9OS. The van der Waals surface area contributed by atoms with Crippen LogP contribution in [-0.4, -0.2) is 41.9 Å². The van der Waals surface area contributed by atoms with Gasteiger partial charge in [0.05, 0.1) is 23.2 Å². The van der Waals surface area contributed by atoms with Crippen LogP contribution in [0, 0.1) is 12.8 Å². The molecule has 0 aliphatic rings. The van der Waals surface area contributed by atoms with Gasteiger partial charge < -0.3 is 15.2 Å². The normalized spacial score (nSPS) is 11.0. The number of thiazole rings is 1. The molecule has 0 saturated carbocycles. The first-order valence-electron chi connectivity index (χ1n) is 11.6. The number of aryl methyl sites for hydroxylation is 2. The zero-order chi connectivity index (χ0) is 25.5. The van der Waals surface area contributed by atoms with E-state index in [2.05, 4.69) is 54.7 Å². The Kier molecular flexibility index (Phi) is 8.44. The van der Waals surface area contributed by atoms with Gasteiger partial charge in [-0.2, -0.15) is 15.0 Å². The maximum Gasteiger partial charge on any atom is 0.267 e. The Labute approximate surface area is 218 Å². The Bertz CT molecular complexity index is 1290. The van der Waals surface area contributed by atoms with Gasteiger partial charge in [0.25, 0.3) is 5.91 Å². The minimum Gasteiger partial charge on any atom is -0.354 e. The first-order chi connectivity index (χ1) is 17.4. The molecule has 3 heterocycles. The molecule has 0 aliphatic carbocycles. The van der Waals surface area contributed by atoms with E-state index in [9.17, 15) is 4.79 Å². The molecule has 0 radical (unpaired) electrons. The molecule has 1 amide bonds. The van der Waals surface area contributed by atoms with Crippen LogP contribution in [-0.2, 0) is 13.0 Å². The fourth-order valence-corrected chi connectivity index (χ4v) is 4.36. The van der Waals surface area contributed by atoms with Crippen LogP contribution in [0.3, 0.4) is 0 Å². The monoisotopic (exact) mass is 525 g/mol. The van der Waals surface area contributed by atoms with Crippen LogP contribution in [0.2, 0.25) is 5.02 Å². The molecule has 3 N–H and O–H groups in total. The summed E-state index contributed by atoms with van der Waals surface area (Å²) in [7, 11) is 0. The summed E-state index contributed by atoms with van der Waals surface area (Å²) in [5.41, 5.74) is 1.47. The third-order valence-electron chi connectivity index (χ3n) is 5.12. The van der Waals surface area contributed by atoms with Crippen molar-refractivity contribution >= 4 is 51.6 Å². The van der Waals surface area contributed by atoms with Gasteiger partial charge in [-0.15, -0.1) is 0 Å².